The number of primary amides is 1. The van der Waals surface area contributed by atoms with Crippen molar-refractivity contribution in [2.75, 3.05) is 13.1 Å². The Bertz CT molecular complexity index is 771. The van der Waals surface area contributed by atoms with Crippen molar-refractivity contribution < 1.29 is 4.79 Å². The van der Waals surface area contributed by atoms with Crippen molar-refractivity contribution in [3.05, 3.63) is 40.1 Å². The summed E-state index contributed by atoms with van der Waals surface area (Å²) in [4.78, 5) is 19.6. The number of thiophene rings is 1. The van der Waals surface area contributed by atoms with Crippen LogP contribution in [0.1, 0.15) is 40.3 Å². The van der Waals surface area contributed by atoms with Crippen molar-refractivity contribution in [1.29, 1.82) is 0 Å². The number of nitrogens with two attached hydrogens (primary N) is 1. The molecule has 1 aliphatic heterocycles. The first-order valence-electron chi connectivity index (χ1n) is 8.86. The molecule has 0 radical (unpaired) electrons. The number of hydrogen-bond acceptors (Lipinski definition) is 5. The Hall–Kier alpha value is -1.12. The molecule has 1 saturated carbocycles. The number of piperidine rings is 1. The van der Waals surface area contributed by atoms with Crippen molar-refractivity contribution >= 4 is 42.1 Å². The summed E-state index contributed by atoms with van der Waals surface area (Å²) in [6.07, 6.45) is 7.64. The summed E-state index contributed by atoms with van der Waals surface area (Å²) < 4.78 is 2.09. The molecule has 6 nitrogen and oxygen atoms in total. The van der Waals surface area contributed by atoms with E-state index in [-0.39, 0.29) is 30.7 Å². The molecule has 2 aromatic heterocycles. The van der Waals surface area contributed by atoms with Gasteiger partial charge in [-0.3, -0.25) is 9.69 Å². The highest BCUT2D eigenvalue weighted by Gasteiger charge is 2.56. The van der Waals surface area contributed by atoms with Gasteiger partial charge in [0.05, 0.1) is 12.1 Å². The smallest absolute Gasteiger partial charge is 0.249 e. The van der Waals surface area contributed by atoms with Crippen LogP contribution in [0.5, 0.6) is 0 Å². The Morgan fingerprint density at radius 2 is 2.15 bits per heavy atom. The third kappa shape index (κ3) is 4.66. The predicted molar refractivity (Wildman–Crippen MR) is 113 cm³/mol. The minimum atomic E-state index is -0.348. The van der Waals surface area contributed by atoms with Gasteiger partial charge in [0.1, 0.15) is 5.82 Å². The van der Waals surface area contributed by atoms with E-state index in [9.17, 15) is 4.79 Å². The summed E-state index contributed by atoms with van der Waals surface area (Å²) >= 11 is 1.62. The van der Waals surface area contributed by atoms with Crippen LogP contribution in [0, 0.1) is 5.41 Å². The fourth-order valence-electron chi connectivity index (χ4n) is 4.10. The summed E-state index contributed by atoms with van der Waals surface area (Å²) in [6.45, 7) is 3.94. The van der Waals surface area contributed by atoms with E-state index in [0.717, 1.165) is 32.0 Å². The third-order valence-corrected chi connectivity index (χ3v) is 6.67. The molecule has 3 N–H and O–H groups in total. The Morgan fingerprint density at radius 3 is 2.74 bits per heavy atom. The molecule has 1 saturated heterocycles. The van der Waals surface area contributed by atoms with Gasteiger partial charge in [0.25, 0.3) is 0 Å². The summed E-state index contributed by atoms with van der Waals surface area (Å²) in [5, 5.41) is 5.34. The highest BCUT2D eigenvalue weighted by molar-refractivity contribution is 7.10. The van der Waals surface area contributed by atoms with E-state index in [1.165, 1.54) is 24.1 Å². The van der Waals surface area contributed by atoms with Gasteiger partial charge >= 0.3 is 0 Å². The SMILES string of the molecule is Cl.Cl.Cn1ccnc1CN(Cc1cc(C(N)=O)cs1)C1CC12CCNCC2. The third-order valence-electron chi connectivity index (χ3n) is 5.75. The van der Waals surface area contributed by atoms with E-state index in [1.807, 2.05) is 30.9 Å². The standard InChI is InChI=1S/C18H25N5OS.2ClH/c1-22-7-6-21-16(22)11-23(10-14-8-13(12-25-14)17(19)24)15-9-18(15)2-4-20-5-3-18;;/h6-8,12,15,20H,2-5,9-11H2,1H3,(H2,19,24);2*1H. The largest absolute Gasteiger partial charge is 0.366 e. The molecule has 2 fully saturated rings. The first kappa shape index (κ1) is 22.2. The van der Waals surface area contributed by atoms with Gasteiger partial charge in [-0.15, -0.1) is 36.2 Å². The first-order chi connectivity index (χ1) is 12.1. The van der Waals surface area contributed by atoms with E-state index in [0.29, 0.717) is 17.0 Å². The van der Waals surface area contributed by atoms with Crippen LogP contribution in [0.3, 0.4) is 0 Å². The number of aromatic nitrogens is 2. The molecule has 0 bridgehead atoms. The molecular weight excluding hydrogens is 405 g/mol. The van der Waals surface area contributed by atoms with Crippen LogP contribution in [0.15, 0.2) is 23.8 Å². The molecule has 1 atom stereocenters. The van der Waals surface area contributed by atoms with Crippen molar-refractivity contribution in [3.63, 3.8) is 0 Å². The molecule has 2 aromatic rings. The number of imidazole rings is 1. The maximum Gasteiger partial charge on any atom is 0.249 e. The van der Waals surface area contributed by atoms with E-state index in [4.69, 9.17) is 5.73 Å². The number of carbonyl (C=O) groups excluding carboxylic acids is 1. The van der Waals surface area contributed by atoms with Crippen molar-refractivity contribution in [1.82, 2.24) is 19.8 Å². The fourth-order valence-corrected chi connectivity index (χ4v) is 5.00. The number of rotatable bonds is 6. The molecule has 4 rings (SSSR count). The zero-order chi connectivity index (χ0) is 17.4. The summed E-state index contributed by atoms with van der Waals surface area (Å²) in [7, 11) is 2.05. The molecule has 1 spiro atoms. The fraction of sp³-hybridized carbons (Fsp3) is 0.556. The van der Waals surface area contributed by atoms with Gasteiger partial charge in [-0.1, -0.05) is 0 Å². The quantitative estimate of drug-likeness (QED) is 0.736. The van der Waals surface area contributed by atoms with Gasteiger partial charge < -0.3 is 15.6 Å². The average molecular weight is 432 g/mol. The van der Waals surface area contributed by atoms with Crippen LogP contribution in [0.25, 0.3) is 0 Å². The molecule has 1 aliphatic carbocycles. The molecule has 27 heavy (non-hydrogen) atoms. The summed E-state index contributed by atoms with van der Waals surface area (Å²) in [5.74, 6) is 0.738. The minimum Gasteiger partial charge on any atom is -0.366 e. The maximum absolute atomic E-state index is 11.4. The normalized spacial score (nSPS) is 20.1. The zero-order valence-corrected chi connectivity index (χ0v) is 17.8. The predicted octanol–water partition coefficient (Wildman–Crippen LogP) is 2.57. The van der Waals surface area contributed by atoms with E-state index in [1.54, 1.807) is 11.3 Å². The van der Waals surface area contributed by atoms with E-state index >= 15 is 0 Å². The highest BCUT2D eigenvalue weighted by atomic mass is 35.5. The summed E-state index contributed by atoms with van der Waals surface area (Å²) in [5.41, 5.74) is 6.49. The van der Waals surface area contributed by atoms with Gasteiger partial charge in [-0.25, -0.2) is 4.98 Å². The number of aryl methyl sites for hydroxylation is 1. The Labute approximate surface area is 176 Å². The molecule has 3 heterocycles. The lowest BCUT2D eigenvalue weighted by molar-refractivity contribution is 0.100. The second-order valence-electron chi connectivity index (χ2n) is 7.36. The highest BCUT2D eigenvalue weighted by Crippen LogP contribution is 2.56. The lowest BCUT2D eigenvalue weighted by atomic mass is 9.93. The maximum atomic E-state index is 11.4. The van der Waals surface area contributed by atoms with Crippen molar-refractivity contribution in [3.8, 4) is 0 Å². The molecule has 1 amide bonds. The van der Waals surface area contributed by atoms with Crippen LogP contribution in [-0.2, 0) is 20.1 Å². The van der Waals surface area contributed by atoms with Crippen LogP contribution in [-0.4, -0.2) is 39.5 Å². The molecule has 9 heteroatoms. The summed E-state index contributed by atoms with van der Waals surface area (Å²) in [6, 6.07) is 2.54. The van der Waals surface area contributed by atoms with Gasteiger partial charge in [-0.2, -0.15) is 0 Å². The zero-order valence-electron chi connectivity index (χ0n) is 15.4. The number of nitrogens with one attached hydrogen (secondary N) is 1. The molecule has 0 aromatic carbocycles. The van der Waals surface area contributed by atoms with Crippen molar-refractivity contribution in [2.24, 2.45) is 18.2 Å². The minimum absolute atomic E-state index is 0. The van der Waals surface area contributed by atoms with Crippen LogP contribution >= 0.6 is 36.2 Å². The average Bonchev–Trinajstić information content (AvgIpc) is 2.95. The Balaban J connectivity index is 0.00000131. The second kappa shape index (κ2) is 8.92. The van der Waals surface area contributed by atoms with E-state index in [2.05, 4.69) is 19.8 Å². The van der Waals surface area contributed by atoms with Crippen molar-refractivity contribution in [2.45, 2.75) is 38.4 Å². The first-order valence-corrected chi connectivity index (χ1v) is 9.73. The monoisotopic (exact) mass is 431 g/mol. The molecule has 1 unspecified atom stereocenters. The van der Waals surface area contributed by atoms with E-state index < -0.39 is 0 Å². The van der Waals surface area contributed by atoms with Crippen LogP contribution < -0.4 is 11.1 Å². The lowest BCUT2D eigenvalue weighted by Gasteiger charge is -2.29. The number of nitrogens with zero attached hydrogens (tertiary/aromatic N) is 3. The van der Waals surface area contributed by atoms with Crippen LogP contribution in [0.4, 0.5) is 0 Å². The Morgan fingerprint density at radius 1 is 1.41 bits per heavy atom. The van der Waals surface area contributed by atoms with Crippen LogP contribution in [0.2, 0.25) is 0 Å². The van der Waals surface area contributed by atoms with Gasteiger partial charge in [-0.05, 0) is 43.8 Å². The van der Waals surface area contributed by atoms with Gasteiger partial charge in [0, 0.05) is 42.3 Å². The topological polar surface area (TPSA) is 76.2 Å². The number of hydrogen-bond donors (Lipinski definition) is 2. The molecule has 2 aliphatic rings. The van der Waals surface area contributed by atoms with Gasteiger partial charge in [0.2, 0.25) is 5.91 Å². The lowest BCUT2D eigenvalue weighted by Crippen LogP contribution is -2.36. The number of carbonyl (C=O) groups is 1. The Kier molecular flexibility index (Phi) is 7.33. The number of amides is 1. The molecular formula is C18H27Cl2N5OS. The second-order valence-corrected chi connectivity index (χ2v) is 8.35. The number of halogens is 2. The molecule has 150 valence electrons. The van der Waals surface area contributed by atoms with Gasteiger partial charge in [0.15, 0.2) is 0 Å².